The number of hydrogen-bond donors (Lipinski definition) is 0. The highest BCUT2D eigenvalue weighted by atomic mass is 16.5. The van der Waals surface area contributed by atoms with Crippen molar-refractivity contribution in [1.82, 2.24) is 0 Å². The number of hydrogen-bond acceptors (Lipinski definition) is 5. The first-order chi connectivity index (χ1) is 7.38. The highest BCUT2D eigenvalue weighted by molar-refractivity contribution is 6.21. The maximum Gasteiger partial charge on any atom is 0.341 e. The lowest BCUT2D eigenvalue weighted by molar-refractivity contribution is -0.150. The SMILES string of the molecule is COC(=O)C1=C(C)[C@](C)(C(=O)OC)CC1=O. The second kappa shape index (κ2) is 4.08. The maximum absolute atomic E-state index is 11.7. The van der Waals surface area contributed by atoms with Crippen molar-refractivity contribution in [2.75, 3.05) is 14.2 Å². The number of methoxy groups -OCH3 is 2. The van der Waals surface area contributed by atoms with E-state index in [0.29, 0.717) is 5.57 Å². The first-order valence-electron chi connectivity index (χ1n) is 4.79. The third-order valence-corrected chi connectivity index (χ3v) is 3.02. The van der Waals surface area contributed by atoms with Gasteiger partial charge < -0.3 is 9.47 Å². The number of rotatable bonds is 2. The summed E-state index contributed by atoms with van der Waals surface area (Å²) in [5.41, 5.74) is -0.665. The van der Waals surface area contributed by atoms with E-state index >= 15 is 0 Å². The molecule has 0 radical (unpaired) electrons. The smallest absolute Gasteiger partial charge is 0.341 e. The van der Waals surface area contributed by atoms with Gasteiger partial charge >= 0.3 is 11.9 Å². The average Bonchev–Trinajstić information content (AvgIpc) is 2.49. The van der Waals surface area contributed by atoms with Crippen LogP contribution in [-0.4, -0.2) is 31.9 Å². The number of carbonyl (C=O) groups excluding carboxylic acids is 3. The predicted molar refractivity (Wildman–Crippen MR) is 54.5 cm³/mol. The second-order valence-corrected chi connectivity index (χ2v) is 3.92. The Bertz CT molecular complexity index is 393. The second-order valence-electron chi connectivity index (χ2n) is 3.92. The van der Waals surface area contributed by atoms with Gasteiger partial charge in [0.1, 0.15) is 5.57 Å². The van der Waals surface area contributed by atoms with Gasteiger partial charge in [0.25, 0.3) is 0 Å². The van der Waals surface area contributed by atoms with E-state index in [4.69, 9.17) is 0 Å². The number of esters is 2. The molecule has 0 heterocycles. The first kappa shape index (κ1) is 12.4. The zero-order valence-corrected chi connectivity index (χ0v) is 9.75. The molecule has 5 nitrogen and oxygen atoms in total. The average molecular weight is 226 g/mol. The Morgan fingerprint density at radius 1 is 1.25 bits per heavy atom. The quantitative estimate of drug-likeness (QED) is 0.510. The van der Waals surface area contributed by atoms with Crippen molar-refractivity contribution in [2.45, 2.75) is 20.3 Å². The zero-order valence-electron chi connectivity index (χ0n) is 9.75. The molecule has 1 atom stereocenters. The Kier molecular flexibility index (Phi) is 3.16. The number of Topliss-reactive ketones (excluding diaryl/α,β-unsaturated/α-hetero) is 1. The standard InChI is InChI=1S/C11H14O5/c1-6-8(9(13)15-3)7(12)5-11(6,2)10(14)16-4/h5H2,1-4H3/t11-/m1/s1. The molecule has 0 spiro atoms. The third kappa shape index (κ3) is 1.62. The fourth-order valence-corrected chi connectivity index (χ4v) is 1.85. The molecular weight excluding hydrogens is 212 g/mol. The van der Waals surface area contributed by atoms with Crippen molar-refractivity contribution in [2.24, 2.45) is 5.41 Å². The minimum atomic E-state index is -1.05. The molecular formula is C11H14O5. The molecule has 0 bridgehead atoms. The minimum absolute atomic E-state index is 0.0320. The van der Waals surface area contributed by atoms with Crippen LogP contribution in [0.3, 0.4) is 0 Å². The Labute approximate surface area is 93.4 Å². The molecule has 0 saturated carbocycles. The first-order valence-corrected chi connectivity index (χ1v) is 4.79. The van der Waals surface area contributed by atoms with Crippen LogP contribution in [-0.2, 0) is 23.9 Å². The fourth-order valence-electron chi connectivity index (χ4n) is 1.85. The molecule has 1 rings (SSSR count). The van der Waals surface area contributed by atoms with Crippen molar-refractivity contribution >= 4 is 17.7 Å². The lowest BCUT2D eigenvalue weighted by Crippen LogP contribution is -2.28. The molecule has 0 fully saturated rings. The van der Waals surface area contributed by atoms with Gasteiger partial charge in [-0.05, 0) is 19.4 Å². The molecule has 1 aliphatic carbocycles. The van der Waals surface area contributed by atoms with E-state index in [0.717, 1.165) is 0 Å². The molecule has 0 aromatic rings. The van der Waals surface area contributed by atoms with Gasteiger partial charge in [-0.3, -0.25) is 9.59 Å². The van der Waals surface area contributed by atoms with Crippen molar-refractivity contribution in [3.8, 4) is 0 Å². The summed E-state index contributed by atoms with van der Waals surface area (Å²) in [7, 11) is 2.45. The molecule has 5 heteroatoms. The summed E-state index contributed by atoms with van der Waals surface area (Å²) < 4.78 is 9.15. The van der Waals surface area contributed by atoms with E-state index < -0.39 is 17.4 Å². The van der Waals surface area contributed by atoms with E-state index in [9.17, 15) is 14.4 Å². The van der Waals surface area contributed by atoms with Crippen molar-refractivity contribution in [1.29, 1.82) is 0 Å². The summed E-state index contributed by atoms with van der Waals surface area (Å²) in [5, 5.41) is 0. The lowest BCUT2D eigenvalue weighted by atomic mass is 9.84. The summed E-state index contributed by atoms with van der Waals surface area (Å²) in [4.78, 5) is 34.6. The Morgan fingerprint density at radius 3 is 2.25 bits per heavy atom. The molecule has 88 valence electrons. The molecule has 0 N–H and O–H groups in total. The van der Waals surface area contributed by atoms with Gasteiger partial charge in [-0.25, -0.2) is 4.79 Å². The van der Waals surface area contributed by atoms with Gasteiger partial charge in [-0.1, -0.05) is 0 Å². The van der Waals surface area contributed by atoms with Crippen LogP contribution in [0.25, 0.3) is 0 Å². The third-order valence-electron chi connectivity index (χ3n) is 3.02. The highest BCUT2D eigenvalue weighted by Gasteiger charge is 2.48. The normalized spacial score (nSPS) is 24.6. The van der Waals surface area contributed by atoms with Gasteiger partial charge in [0.2, 0.25) is 0 Å². The summed E-state index contributed by atoms with van der Waals surface area (Å²) in [6.07, 6.45) is -0.0457. The lowest BCUT2D eigenvalue weighted by Gasteiger charge is -2.21. The van der Waals surface area contributed by atoms with Gasteiger partial charge in [0.15, 0.2) is 5.78 Å². The number of ether oxygens (including phenoxy) is 2. The van der Waals surface area contributed by atoms with Crippen LogP contribution in [0.15, 0.2) is 11.1 Å². The molecule has 1 aliphatic rings. The van der Waals surface area contributed by atoms with Crippen LogP contribution in [0.2, 0.25) is 0 Å². The molecule has 0 aromatic heterocycles. The zero-order chi connectivity index (χ0) is 12.5. The van der Waals surface area contributed by atoms with Gasteiger partial charge in [-0.15, -0.1) is 0 Å². The van der Waals surface area contributed by atoms with Crippen LogP contribution in [0.5, 0.6) is 0 Å². The van der Waals surface area contributed by atoms with Crippen LogP contribution >= 0.6 is 0 Å². The molecule has 0 amide bonds. The molecule has 0 aromatic carbocycles. The van der Waals surface area contributed by atoms with Crippen molar-refractivity contribution in [3.63, 3.8) is 0 Å². The van der Waals surface area contributed by atoms with E-state index in [1.165, 1.54) is 14.2 Å². The minimum Gasteiger partial charge on any atom is -0.468 e. The van der Waals surface area contributed by atoms with Crippen molar-refractivity contribution in [3.05, 3.63) is 11.1 Å². The Morgan fingerprint density at radius 2 is 1.81 bits per heavy atom. The van der Waals surface area contributed by atoms with Crippen LogP contribution in [0, 0.1) is 5.41 Å². The molecule has 0 unspecified atom stereocenters. The van der Waals surface area contributed by atoms with Gasteiger partial charge in [0.05, 0.1) is 19.6 Å². The van der Waals surface area contributed by atoms with E-state index in [-0.39, 0.29) is 17.8 Å². The van der Waals surface area contributed by atoms with Crippen LogP contribution < -0.4 is 0 Å². The highest BCUT2D eigenvalue weighted by Crippen LogP contribution is 2.41. The van der Waals surface area contributed by atoms with Gasteiger partial charge in [0, 0.05) is 6.42 Å². The summed E-state index contributed by atoms with van der Waals surface area (Å²) in [5.74, 6) is -1.59. The largest absolute Gasteiger partial charge is 0.468 e. The van der Waals surface area contributed by atoms with E-state index in [1.807, 2.05) is 0 Å². The number of carbonyl (C=O) groups is 3. The Hall–Kier alpha value is -1.65. The van der Waals surface area contributed by atoms with Crippen LogP contribution in [0.4, 0.5) is 0 Å². The summed E-state index contributed by atoms with van der Waals surface area (Å²) >= 11 is 0. The summed E-state index contributed by atoms with van der Waals surface area (Å²) in [6, 6.07) is 0. The maximum atomic E-state index is 11.7. The van der Waals surface area contributed by atoms with Gasteiger partial charge in [-0.2, -0.15) is 0 Å². The van der Waals surface area contributed by atoms with E-state index in [1.54, 1.807) is 13.8 Å². The topological polar surface area (TPSA) is 69.7 Å². The number of ketones is 1. The molecule has 16 heavy (non-hydrogen) atoms. The molecule has 0 saturated heterocycles. The fraction of sp³-hybridized carbons (Fsp3) is 0.545. The summed E-state index contributed by atoms with van der Waals surface area (Å²) in [6.45, 7) is 3.16. The Balaban J connectivity index is 3.23. The van der Waals surface area contributed by atoms with E-state index in [2.05, 4.69) is 9.47 Å². The molecule has 0 aliphatic heterocycles. The monoisotopic (exact) mass is 226 g/mol. The predicted octanol–water partition coefficient (Wildman–Crippen LogP) is 0.628. The van der Waals surface area contributed by atoms with Crippen LogP contribution in [0.1, 0.15) is 20.3 Å². The van der Waals surface area contributed by atoms with Crippen molar-refractivity contribution < 1.29 is 23.9 Å².